The van der Waals surface area contributed by atoms with Gasteiger partial charge in [-0.2, -0.15) is 0 Å². The second kappa shape index (κ2) is 7.03. The highest BCUT2D eigenvalue weighted by molar-refractivity contribution is 7.90. The Kier molecular flexibility index (Phi) is 5.16. The molecule has 3 rings (SSSR count). The molecule has 0 saturated heterocycles. The molecule has 7 heteroatoms. The summed E-state index contributed by atoms with van der Waals surface area (Å²) >= 11 is 0. The number of hydrogen-bond acceptors (Lipinski definition) is 5. The van der Waals surface area contributed by atoms with E-state index < -0.39 is 14.8 Å². The lowest BCUT2D eigenvalue weighted by molar-refractivity contribution is 0.322. The number of sulfonamides is 1. The zero-order valence-corrected chi connectivity index (χ0v) is 16.1. The zero-order chi connectivity index (χ0) is 18.1. The van der Waals surface area contributed by atoms with Crippen molar-refractivity contribution in [3.05, 3.63) is 18.2 Å². The monoisotopic (exact) mass is 367 g/mol. The van der Waals surface area contributed by atoms with Gasteiger partial charge in [-0.25, -0.2) is 13.1 Å². The first-order chi connectivity index (χ1) is 11.7. The molecule has 2 aliphatic rings. The number of ether oxygens (including phenoxy) is 1. The van der Waals surface area contributed by atoms with Gasteiger partial charge in [0.05, 0.1) is 10.4 Å². The summed E-state index contributed by atoms with van der Waals surface area (Å²) in [5.41, 5.74) is 2.12. The van der Waals surface area contributed by atoms with Crippen molar-refractivity contribution in [3.63, 3.8) is 0 Å². The lowest BCUT2D eigenvalue weighted by atomic mass is 9.86. The third-order valence-electron chi connectivity index (χ3n) is 5.04. The molecule has 0 bridgehead atoms. The van der Waals surface area contributed by atoms with Gasteiger partial charge in [-0.3, -0.25) is 0 Å². The van der Waals surface area contributed by atoms with Crippen molar-refractivity contribution < 1.29 is 13.2 Å². The van der Waals surface area contributed by atoms with E-state index in [-0.39, 0.29) is 6.04 Å². The van der Waals surface area contributed by atoms with Crippen LogP contribution in [0.15, 0.2) is 18.2 Å². The Morgan fingerprint density at radius 2 is 1.92 bits per heavy atom. The minimum absolute atomic E-state index is 0.0711. The molecule has 1 aliphatic heterocycles. The summed E-state index contributed by atoms with van der Waals surface area (Å²) in [7, 11) is -3.26. The Morgan fingerprint density at radius 1 is 1.20 bits per heavy atom. The molecule has 1 aromatic carbocycles. The molecule has 0 atom stereocenters. The maximum atomic E-state index is 12.3. The molecule has 0 unspecified atom stereocenters. The summed E-state index contributed by atoms with van der Waals surface area (Å²) in [6, 6.07) is 6.16. The van der Waals surface area contributed by atoms with Crippen molar-refractivity contribution in [2.24, 2.45) is 5.92 Å². The highest BCUT2D eigenvalue weighted by atomic mass is 32.2. The fourth-order valence-corrected chi connectivity index (χ4v) is 4.27. The summed E-state index contributed by atoms with van der Waals surface area (Å²) in [6.45, 7) is 6.66. The van der Waals surface area contributed by atoms with E-state index in [9.17, 15) is 8.42 Å². The van der Waals surface area contributed by atoms with Crippen molar-refractivity contribution in [1.29, 1.82) is 0 Å². The number of fused-ring (bicyclic) bond motifs is 1. The Labute approximate surface area is 150 Å². The molecular weight excluding hydrogens is 338 g/mol. The molecule has 1 saturated carbocycles. The maximum absolute atomic E-state index is 12.3. The van der Waals surface area contributed by atoms with Crippen LogP contribution in [-0.2, 0) is 10.0 Å². The molecule has 0 amide bonds. The summed E-state index contributed by atoms with van der Waals surface area (Å²) < 4.78 is 32.1. The fourth-order valence-electron chi connectivity index (χ4n) is 3.24. The predicted molar refractivity (Wildman–Crippen MR) is 102 cm³/mol. The molecule has 0 radical (unpaired) electrons. The average molecular weight is 368 g/mol. The lowest BCUT2D eigenvalue weighted by Crippen LogP contribution is -2.46. The summed E-state index contributed by atoms with van der Waals surface area (Å²) in [5, 5.41) is 6.69. The van der Waals surface area contributed by atoms with Crippen LogP contribution in [0.2, 0.25) is 0 Å². The van der Waals surface area contributed by atoms with Gasteiger partial charge in [0, 0.05) is 18.3 Å². The smallest absolute Gasteiger partial charge is 0.216 e. The standard InChI is InChI=1S/C18H29N3O3S/c1-18(2,3)25(22,23)21-14-6-4-13(5-7-14)11-19-15-8-9-17-16(10-15)20-12-24-17/h8-10,13-14,19-21H,4-7,11-12H2,1-3H3/t13-,14-. The molecular formula is C18H29N3O3S. The van der Waals surface area contributed by atoms with E-state index in [0.29, 0.717) is 12.6 Å². The van der Waals surface area contributed by atoms with Gasteiger partial charge in [0.2, 0.25) is 10.0 Å². The second-order valence-electron chi connectivity index (χ2n) is 8.01. The van der Waals surface area contributed by atoms with E-state index in [4.69, 9.17) is 4.74 Å². The number of nitrogens with one attached hydrogen (secondary N) is 3. The third kappa shape index (κ3) is 4.39. The van der Waals surface area contributed by atoms with Crippen LogP contribution in [0.3, 0.4) is 0 Å². The van der Waals surface area contributed by atoms with Gasteiger partial charge in [0.15, 0.2) is 6.73 Å². The number of anilines is 2. The van der Waals surface area contributed by atoms with Crippen LogP contribution < -0.4 is 20.1 Å². The lowest BCUT2D eigenvalue weighted by Gasteiger charge is -2.31. The van der Waals surface area contributed by atoms with Crippen molar-refractivity contribution >= 4 is 21.4 Å². The first kappa shape index (κ1) is 18.3. The van der Waals surface area contributed by atoms with E-state index in [1.54, 1.807) is 20.8 Å². The van der Waals surface area contributed by atoms with Gasteiger partial charge >= 0.3 is 0 Å². The number of hydrogen-bond donors (Lipinski definition) is 3. The van der Waals surface area contributed by atoms with Gasteiger partial charge < -0.3 is 15.4 Å². The van der Waals surface area contributed by atoms with Crippen LogP contribution in [0.25, 0.3) is 0 Å². The summed E-state index contributed by atoms with van der Waals surface area (Å²) in [6.07, 6.45) is 3.88. The molecule has 6 nitrogen and oxygen atoms in total. The minimum atomic E-state index is -3.26. The van der Waals surface area contributed by atoms with Crippen LogP contribution in [0, 0.1) is 5.92 Å². The Balaban J connectivity index is 1.45. The quantitative estimate of drug-likeness (QED) is 0.745. The van der Waals surface area contributed by atoms with Gasteiger partial charge in [0.25, 0.3) is 0 Å². The zero-order valence-electron chi connectivity index (χ0n) is 15.3. The Morgan fingerprint density at radius 3 is 2.60 bits per heavy atom. The maximum Gasteiger partial charge on any atom is 0.216 e. The normalized spacial score (nSPS) is 23.5. The largest absolute Gasteiger partial charge is 0.471 e. The van der Waals surface area contributed by atoms with Gasteiger partial charge in [-0.15, -0.1) is 0 Å². The van der Waals surface area contributed by atoms with E-state index in [1.807, 2.05) is 12.1 Å². The van der Waals surface area contributed by atoms with Gasteiger partial charge in [-0.1, -0.05) is 0 Å². The molecule has 3 N–H and O–H groups in total. The van der Waals surface area contributed by atoms with E-state index in [0.717, 1.165) is 49.4 Å². The second-order valence-corrected chi connectivity index (χ2v) is 10.5. The van der Waals surface area contributed by atoms with E-state index >= 15 is 0 Å². The topological polar surface area (TPSA) is 79.5 Å². The van der Waals surface area contributed by atoms with Crippen LogP contribution in [-0.4, -0.2) is 32.5 Å². The van der Waals surface area contributed by atoms with Crippen molar-refractivity contribution in [1.82, 2.24) is 4.72 Å². The summed E-state index contributed by atoms with van der Waals surface area (Å²) in [4.78, 5) is 0. The third-order valence-corrected chi connectivity index (χ3v) is 7.30. The SMILES string of the molecule is CC(C)(C)S(=O)(=O)N[C@H]1CC[C@H](CNc2ccc3c(c2)NCO3)CC1. The Bertz CT molecular complexity index is 705. The summed E-state index contributed by atoms with van der Waals surface area (Å²) in [5.74, 6) is 1.48. The van der Waals surface area contributed by atoms with Crippen LogP contribution in [0.4, 0.5) is 11.4 Å². The number of benzene rings is 1. The molecule has 1 aliphatic carbocycles. The average Bonchev–Trinajstić information content (AvgIpc) is 3.00. The minimum Gasteiger partial charge on any atom is -0.471 e. The van der Waals surface area contributed by atoms with Crippen LogP contribution >= 0.6 is 0 Å². The van der Waals surface area contributed by atoms with Crippen LogP contribution in [0.1, 0.15) is 46.5 Å². The first-order valence-corrected chi connectivity index (χ1v) is 10.5. The fraction of sp³-hybridized carbons (Fsp3) is 0.667. The highest BCUT2D eigenvalue weighted by Crippen LogP contribution is 2.32. The van der Waals surface area contributed by atoms with Crippen molar-refractivity contribution in [2.75, 3.05) is 23.9 Å². The van der Waals surface area contributed by atoms with Crippen molar-refractivity contribution in [3.8, 4) is 5.75 Å². The number of rotatable bonds is 5. The van der Waals surface area contributed by atoms with Gasteiger partial charge in [-0.05, 0) is 70.6 Å². The molecule has 1 fully saturated rings. The molecule has 25 heavy (non-hydrogen) atoms. The highest BCUT2D eigenvalue weighted by Gasteiger charge is 2.32. The van der Waals surface area contributed by atoms with Gasteiger partial charge in [0.1, 0.15) is 5.75 Å². The molecule has 0 aromatic heterocycles. The molecule has 1 heterocycles. The van der Waals surface area contributed by atoms with E-state index in [1.165, 1.54) is 0 Å². The molecule has 0 spiro atoms. The van der Waals surface area contributed by atoms with Crippen LogP contribution in [0.5, 0.6) is 5.75 Å². The first-order valence-electron chi connectivity index (χ1n) is 9.01. The van der Waals surface area contributed by atoms with E-state index in [2.05, 4.69) is 21.4 Å². The Hall–Kier alpha value is -1.47. The van der Waals surface area contributed by atoms with Crippen molar-refractivity contribution in [2.45, 2.75) is 57.2 Å². The molecule has 1 aromatic rings. The predicted octanol–water partition coefficient (Wildman–Crippen LogP) is 3.14. The molecule has 140 valence electrons.